The van der Waals surface area contributed by atoms with Crippen molar-refractivity contribution in [3.05, 3.63) is 186 Å². The van der Waals surface area contributed by atoms with Gasteiger partial charge in [0.1, 0.15) is 5.82 Å². The van der Waals surface area contributed by atoms with E-state index in [-0.39, 0.29) is 21.1 Å². The van der Waals surface area contributed by atoms with E-state index in [0.717, 1.165) is 50.7 Å². The van der Waals surface area contributed by atoms with Crippen LogP contribution in [-0.4, -0.2) is 9.55 Å². The van der Waals surface area contributed by atoms with E-state index in [4.69, 9.17) is 4.98 Å². The Balaban J connectivity index is 0.00000455. The van der Waals surface area contributed by atoms with Gasteiger partial charge in [-0.15, -0.1) is 29.4 Å². The van der Waals surface area contributed by atoms with Gasteiger partial charge in [-0.2, -0.15) is 41.5 Å². The molecule has 1 aliphatic heterocycles. The molecule has 288 valence electrons. The van der Waals surface area contributed by atoms with Crippen LogP contribution in [0.25, 0.3) is 38.8 Å². The smallest absolute Gasteiger partial charge is 0.135 e. The third kappa shape index (κ3) is 7.10. The van der Waals surface area contributed by atoms with Crippen LogP contribution < -0.4 is 9.80 Å². The standard InChI is InChI=1S/C52H47N4.Pt/c1-34(2)39-31-45(35(3)4)52(46(32-39)36(5)6)40-27-38(28-42(30-40)55-33-54(41-16-8-7-9-17-41)48-20-12-13-21-49(48)55)26-37-23-24-44-43-18-10-11-19-47(43)56(50(44)29-37)51-22-14-15-25-53-51;/h7-25,27,30-36H,26H2,1-6H3;/q-3;. The first-order valence-corrected chi connectivity index (χ1v) is 19.9. The number of fused-ring (bicyclic) bond motifs is 4. The SMILES string of the molecule is CC(C)c1cc(C(C)C)c(-c2cc(Cc3[c-]c4c(cc3)c3ccccc3n4-c3ccccn3)[c-]c(N3[CH-]N(c4ccccc4)c4ccccc43)c2)c(C(C)C)c1.[Pt]. The molecular formula is C52H47N4Pt-3. The molecule has 8 aromatic rings. The minimum absolute atomic E-state index is 0. The van der Waals surface area contributed by atoms with Gasteiger partial charge in [-0.3, -0.25) is 0 Å². The molecule has 0 saturated carbocycles. The molecule has 0 spiro atoms. The Morgan fingerprint density at radius 1 is 0.596 bits per heavy atom. The number of rotatable bonds is 9. The Morgan fingerprint density at radius 3 is 1.95 bits per heavy atom. The molecule has 0 atom stereocenters. The first kappa shape index (κ1) is 38.4. The number of para-hydroxylation sites is 4. The van der Waals surface area contributed by atoms with E-state index in [1.807, 2.05) is 18.3 Å². The fraction of sp³-hybridized carbons (Fsp3) is 0.192. The molecule has 2 aromatic heterocycles. The summed E-state index contributed by atoms with van der Waals surface area (Å²) in [5.41, 5.74) is 15.6. The number of aromatic nitrogens is 2. The van der Waals surface area contributed by atoms with Crippen molar-refractivity contribution in [2.24, 2.45) is 0 Å². The number of anilines is 4. The third-order valence-electron chi connectivity index (χ3n) is 11.2. The molecule has 9 rings (SSSR count). The van der Waals surface area contributed by atoms with Crippen LogP contribution in [0.1, 0.15) is 87.1 Å². The van der Waals surface area contributed by atoms with Crippen LogP contribution in [0, 0.1) is 18.8 Å². The van der Waals surface area contributed by atoms with Crippen LogP contribution in [-0.2, 0) is 27.5 Å². The first-order valence-electron chi connectivity index (χ1n) is 19.9. The Morgan fingerprint density at radius 2 is 1.26 bits per heavy atom. The fourth-order valence-corrected chi connectivity index (χ4v) is 8.34. The van der Waals surface area contributed by atoms with E-state index in [1.54, 1.807) is 0 Å². The maximum Gasteiger partial charge on any atom is 0.135 e. The predicted molar refractivity (Wildman–Crippen MR) is 235 cm³/mol. The van der Waals surface area contributed by atoms with Crippen LogP contribution >= 0.6 is 0 Å². The summed E-state index contributed by atoms with van der Waals surface area (Å²) in [5, 5.41) is 2.37. The van der Waals surface area contributed by atoms with Crippen molar-refractivity contribution in [3.8, 4) is 16.9 Å². The van der Waals surface area contributed by atoms with Crippen molar-refractivity contribution in [1.29, 1.82) is 0 Å². The molecule has 1 aliphatic rings. The average Bonchev–Trinajstić information content (AvgIpc) is 3.77. The summed E-state index contributed by atoms with van der Waals surface area (Å²) in [4.78, 5) is 9.36. The van der Waals surface area contributed by atoms with Gasteiger partial charge in [-0.05, 0) is 94.3 Å². The number of benzene rings is 6. The molecular weight excluding hydrogens is 876 g/mol. The quantitative estimate of drug-likeness (QED) is 0.135. The second kappa shape index (κ2) is 15.8. The minimum Gasteiger partial charge on any atom is -0.493 e. The number of hydrogen-bond donors (Lipinski definition) is 0. The maximum absolute atomic E-state index is 4.77. The van der Waals surface area contributed by atoms with E-state index in [9.17, 15) is 0 Å². The summed E-state index contributed by atoms with van der Waals surface area (Å²) in [7, 11) is 0. The van der Waals surface area contributed by atoms with E-state index >= 15 is 0 Å². The summed E-state index contributed by atoms with van der Waals surface area (Å²) >= 11 is 0. The average molecular weight is 923 g/mol. The van der Waals surface area contributed by atoms with Crippen LogP contribution in [0.3, 0.4) is 0 Å². The zero-order valence-electron chi connectivity index (χ0n) is 33.4. The van der Waals surface area contributed by atoms with Gasteiger partial charge in [-0.1, -0.05) is 114 Å². The molecule has 0 aliphatic carbocycles. The molecule has 3 heterocycles. The fourth-order valence-electron chi connectivity index (χ4n) is 8.34. The zero-order valence-corrected chi connectivity index (χ0v) is 35.7. The van der Waals surface area contributed by atoms with Gasteiger partial charge in [-0.25, -0.2) is 4.98 Å². The van der Waals surface area contributed by atoms with E-state index < -0.39 is 0 Å². The van der Waals surface area contributed by atoms with Crippen molar-refractivity contribution >= 4 is 44.6 Å². The molecule has 0 saturated heterocycles. The Kier molecular flexibility index (Phi) is 10.7. The third-order valence-corrected chi connectivity index (χ3v) is 11.2. The minimum atomic E-state index is 0. The molecule has 0 unspecified atom stereocenters. The molecule has 0 fully saturated rings. The van der Waals surface area contributed by atoms with E-state index in [0.29, 0.717) is 24.2 Å². The van der Waals surface area contributed by atoms with Crippen LogP contribution in [0.15, 0.2) is 140 Å². The van der Waals surface area contributed by atoms with Gasteiger partial charge in [0.05, 0.1) is 0 Å². The Labute approximate surface area is 352 Å². The first-order chi connectivity index (χ1) is 27.2. The summed E-state index contributed by atoms with van der Waals surface area (Å²) in [6.45, 7) is 16.1. The summed E-state index contributed by atoms with van der Waals surface area (Å²) < 4.78 is 2.24. The van der Waals surface area contributed by atoms with Gasteiger partial charge in [0, 0.05) is 49.8 Å². The number of hydrogen-bond acceptors (Lipinski definition) is 3. The molecule has 4 nitrogen and oxygen atoms in total. The topological polar surface area (TPSA) is 24.3 Å². The second-order valence-electron chi connectivity index (χ2n) is 16.0. The second-order valence-corrected chi connectivity index (χ2v) is 16.0. The van der Waals surface area contributed by atoms with Gasteiger partial charge < -0.3 is 14.4 Å². The van der Waals surface area contributed by atoms with Crippen LogP contribution in [0.5, 0.6) is 0 Å². The predicted octanol–water partition coefficient (Wildman–Crippen LogP) is 13.8. The summed E-state index contributed by atoms with van der Waals surface area (Å²) in [6.07, 6.45) is 2.54. The zero-order chi connectivity index (χ0) is 38.5. The van der Waals surface area contributed by atoms with Crippen LogP contribution in [0.4, 0.5) is 22.7 Å². The Bertz CT molecular complexity index is 2660. The van der Waals surface area contributed by atoms with E-state index in [2.05, 4.69) is 196 Å². The van der Waals surface area contributed by atoms with Crippen molar-refractivity contribution in [3.63, 3.8) is 0 Å². The van der Waals surface area contributed by atoms with Crippen LogP contribution in [0.2, 0.25) is 0 Å². The largest absolute Gasteiger partial charge is 0.493 e. The van der Waals surface area contributed by atoms with Gasteiger partial charge in [0.25, 0.3) is 0 Å². The molecule has 0 bridgehead atoms. The molecule has 6 aromatic carbocycles. The summed E-state index contributed by atoms with van der Waals surface area (Å²) in [6, 6.07) is 55.9. The Hall–Kier alpha value is -5.44. The van der Waals surface area contributed by atoms with Crippen molar-refractivity contribution < 1.29 is 21.1 Å². The molecule has 0 N–H and O–H groups in total. The molecule has 57 heavy (non-hydrogen) atoms. The van der Waals surface area contributed by atoms with Crippen molar-refractivity contribution in [2.45, 2.75) is 65.7 Å². The van der Waals surface area contributed by atoms with Gasteiger partial charge >= 0.3 is 0 Å². The van der Waals surface area contributed by atoms with Crippen molar-refractivity contribution in [2.75, 3.05) is 9.80 Å². The molecule has 0 amide bonds. The molecule has 0 radical (unpaired) electrons. The number of pyridine rings is 1. The number of nitrogens with zero attached hydrogens (tertiary/aromatic N) is 4. The summed E-state index contributed by atoms with van der Waals surface area (Å²) in [5.74, 6) is 2.05. The maximum atomic E-state index is 4.77. The van der Waals surface area contributed by atoms with Crippen molar-refractivity contribution in [1.82, 2.24) is 9.55 Å². The monoisotopic (exact) mass is 922 g/mol. The molecule has 5 heteroatoms. The van der Waals surface area contributed by atoms with Gasteiger partial charge in [0.2, 0.25) is 0 Å². The normalized spacial score (nSPS) is 12.6. The van der Waals surface area contributed by atoms with Gasteiger partial charge in [0.15, 0.2) is 0 Å². The van der Waals surface area contributed by atoms with E-state index in [1.165, 1.54) is 38.6 Å².